The molecular weight excluding hydrogens is 813 g/mol. The third-order valence-corrected chi connectivity index (χ3v) is 13.7. The van der Waals surface area contributed by atoms with E-state index in [4.69, 9.17) is 44.0 Å². The lowest BCUT2D eigenvalue weighted by Gasteiger charge is -2.48. The van der Waals surface area contributed by atoms with Gasteiger partial charge in [-0.2, -0.15) is 0 Å². The highest BCUT2D eigenvalue weighted by molar-refractivity contribution is 5.91. The van der Waals surface area contributed by atoms with E-state index in [-0.39, 0.29) is 43.8 Å². The second kappa shape index (κ2) is 19.0. The first-order valence-corrected chi connectivity index (χ1v) is 22.3. The Labute approximate surface area is 370 Å². The minimum absolute atomic E-state index is 0.0165. The molecule has 5 aliphatic heterocycles. The smallest absolute Gasteiger partial charge is 0.410 e. The number of nitrogens with two attached hydrogens (primary N) is 1. The highest BCUT2D eigenvalue weighted by atomic mass is 16.7. The molecule has 2 aromatic heterocycles. The zero-order valence-electron chi connectivity index (χ0n) is 38.3. The van der Waals surface area contributed by atoms with Crippen LogP contribution in [0.2, 0.25) is 0 Å². The van der Waals surface area contributed by atoms with Gasteiger partial charge < -0.3 is 49.0 Å². The van der Waals surface area contributed by atoms with Crippen molar-refractivity contribution in [3.63, 3.8) is 0 Å². The van der Waals surface area contributed by atoms with Crippen LogP contribution in [0.5, 0.6) is 0 Å². The van der Waals surface area contributed by atoms with E-state index in [1.54, 1.807) is 18.0 Å². The number of cyclic esters (lactones) is 1. The van der Waals surface area contributed by atoms with Gasteiger partial charge in [0.2, 0.25) is 0 Å². The van der Waals surface area contributed by atoms with Gasteiger partial charge in [-0.15, -0.1) is 0 Å². The fourth-order valence-corrected chi connectivity index (χ4v) is 10.6. The van der Waals surface area contributed by atoms with E-state index >= 15 is 0 Å². The third kappa shape index (κ3) is 9.57. The fourth-order valence-electron chi connectivity index (χ4n) is 10.6. The number of nitrogens with zero attached hydrogens (tertiary/aromatic N) is 7. The van der Waals surface area contributed by atoms with Crippen LogP contribution in [-0.4, -0.2) is 154 Å². The van der Waals surface area contributed by atoms with Gasteiger partial charge in [0, 0.05) is 30.1 Å². The summed E-state index contributed by atoms with van der Waals surface area (Å²) in [6.07, 6.45) is -0.605. The van der Waals surface area contributed by atoms with Gasteiger partial charge in [-0.25, -0.2) is 19.7 Å². The molecule has 2 aromatic rings. The normalized spacial score (nSPS) is 38.4. The molecule has 0 radical (unpaired) electrons. The Morgan fingerprint density at radius 2 is 1.83 bits per heavy atom. The van der Waals surface area contributed by atoms with Crippen LogP contribution in [0.15, 0.2) is 40.7 Å². The maximum absolute atomic E-state index is 14.6. The fraction of sp³-hybridized carbons (Fsp3) is 0.711. The van der Waals surface area contributed by atoms with Crippen LogP contribution in [0, 0.1) is 23.7 Å². The number of fused-ring (bicyclic) bond motifs is 4. The molecule has 14 atom stereocenters. The molecule has 4 bridgehead atoms. The number of likely N-dealkylation sites (N-methyl/N-ethyl adjacent to an activating group) is 1. The summed E-state index contributed by atoms with van der Waals surface area (Å²) in [4.78, 5) is 56.1. The maximum atomic E-state index is 14.6. The van der Waals surface area contributed by atoms with E-state index < -0.39 is 71.8 Å². The minimum atomic E-state index is -1.15. The summed E-state index contributed by atoms with van der Waals surface area (Å²) < 4.78 is 39.9. The van der Waals surface area contributed by atoms with Gasteiger partial charge in [0.05, 0.1) is 79.4 Å². The highest BCUT2D eigenvalue weighted by Gasteiger charge is 2.60. The number of carbonyl (C=O) groups is 2. The molecule has 63 heavy (non-hydrogen) atoms. The van der Waals surface area contributed by atoms with Gasteiger partial charge in [-0.05, 0) is 79.1 Å². The summed E-state index contributed by atoms with van der Waals surface area (Å²) in [6.45, 7) is 16.4. The Hall–Kier alpha value is -4.33. The lowest BCUT2D eigenvalue weighted by Crippen LogP contribution is -2.60. The van der Waals surface area contributed by atoms with E-state index in [1.165, 1.54) is 6.20 Å². The number of amides is 1. The monoisotopic (exact) mass is 878 g/mol. The number of hydrogen-bond donors (Lipinski definition) is 2. The molecule has 18 nitrogen and oxygen atoms in total. The zero-order valence-corrected chi connectivity index (χ0v) is 38.3. The van der Waals surface area contributed by atoms with E-state index in [1.807, 2.05) is 71.8 Å². The van der Waals surface area contributed by atoms with Crippen LogP contribution in [-0.2, 0) is 44.7 Å². The van der Waals surface area contributed by atoms with E-state index in [9.17, 15) is 14.7 Å². The molecular formula is C45H66N8O10. The summed E-state index contributed by atoms with van der Waals surface area (Å²) in [7, 11) is 3.86. The summed E-state index contributed by atoms with van der Waals surface area (Å²) in [5.41, 5.74) is 6.55. The lowest BCUT2D eigenvalue weighted by atomic mass is 9.72. The number of aromatic nitrogens is 3. The Balaban J connectivity index is 1.28. The number of aliphatic hydroxyl groups excluding tert-OH is 1. The van der Waals surface area contributed by atoms with Crippen molar-refractivity contribution in [3.05, 3.63) is 36.3 Å². The summed E-state index contributed by atoms with van der Waals surface area (Å²) in [5, 5.41) is 16.3. The summed E-state index contributed by atoms with van der Waals surface area (Å²) >= 11 is 0. The second-order valence-corrected chi connectivity index (χ2v) is 18.6. The molecule has 1 amide bonds. The second-order valence-electron chi connectivity index (χ2n) is 18.6. The molecule has 7 heterocycles. The Morgan fingerprint density at radius 1 is 1.05 bits per heavy atom. The topological polar surface area (TPSA) is 215 Å². The SMILES string of the molecule is CC[C@@H]1OC(=O)[C@H](C)[C@H]2OCC(=NOCc3cccc(-c4cnc(N)cn4)n3)CO[C@](C)(C[C@@H](C)C3=NCCN4C(=O)O[C@@]1(C)[C@H]4[C@H]3C)[C@@H](O[C@H]1O[C@@H](C)C[C@@H](N(C)C)[C@@H]1O)[C@@H]2C. The van der Waals surface area contributed by atoms with Crippen molar-refractivity contribution in [2.24, 2.45) is 33.8 Å². The van der Waals surface area contributed by atoms with Crippen molar-refractivity contribution >= 4 is 29.3 Å². The summed E-state index contributed by atoms with van der Waals surface area (Å²) in [6, 6.07) is 4.80. The van der Waals surface area contributed by atoms with Crippen LogP contribution >= 0.6 is 0 Å². The van der Waals surface area contributed by atoms with Gasteiger partial charge in [0.15, 0.2) is 18.5 Å². The quantitative estimate of drug-likeness (QED) is 0.280. The Kier molecular flexibility index (Phi) is 14.1. The van der Waals surface area contributed by atoms with Gasteiger partial charge in [-0.3, -0.25) is 14.7 Å². The Bertz CT molecular complexity index is 2010. The van der Waals surface area contributed by atoms with Gasteiger partial charge >= 0.3 is 12.1 Å². The van der Waals surface area contributed by atoms with Crippen LogP contribution in [0.3, 0.4) is 0 Å². The number of aliphatic imine (C=N–C) groups is 1. The van der Waals surface area contributed by atoms with Crippen LogP contribution in [0.1, 0.15) is 80.3 Å². The van der Waals surface area contributed by atoms with Crippen molar-refractivity contribution in [3.8, 4) is 11.4 Å². The van der Waals surface area contributed by atoms with Gasteiger partial charge in [0.1, 0.15) is 29.4 Å². The predicted octanol–water partition coefficient (Wildman–Crippen LogP) is 4.28. The van der Waals surface area contributed by atoms with Crippen molar-refractivity contribution < 1.29 is 48.0 Å². The molecule has 0 unspecified atom stereocenters. The van der Waals surface area contributed by atoms with Crippen LogP contribution in [0.25, 0.3) is 11.4 Å². The highest BCUT2D eigenvalue weighted by Crippen LogP contribution is 2.45. The average Bonchev–Trinajstić information content (AvgIpc) is 3.39. The van der Waals surface area contributed by atoms with E-state index in [0.29, 0.717) is 61.0 Å². The molecule has 3 N–H and O–H groups in total. The lowest BCUT2D eigenvalue weighted by molar-refractivity contribution is -0.302. The molecule has 0 spiro atoms. The number of anilines is 1. The number of pyridine rings is 1. The zero-order chi connectivity index (χ0) is 45.4. The van der Waals surface area contributed by atoms with E-state index in [2.05, 4.69) is 34.0 Å². The first-order valence-electron chi connectivity index (χ1n) is 22.3. The summed E-state index contributed by atoms with van der Waals surface area (Å²) in [5.74, 6) is -2.06. The van der Waals surface area contributed by atoms with Crippen molar-refractivity contribution in [2.45, 2.75) is 141 Å². The number of esters is 1. The number of oxime groups is 1. The molecule has 18 heteroatoms. The average molecular weight is 879 g/mol. The number of aliphatic hydroxyl groups is 1. The number of ether oxygens (including phenoxy) is 6. The first-order chi connectivity index (χ1) is 29.9. The number of rotatable bonds is 8. The predicted molar refractivity (Wildman–Crippen MR) is 232 cm³/mol. The molecule has 0 aromatic carbocycles. The Morgan fingerprint density at radius 3 is 2.54 bits per heavy atom. The van der Waals surface area contributed by atoms with E-state index in [0.717, 1.165) is 5.71 Å². The van der Waals surface area contributed by atoms with Crippen molar-refractivity contribution in [1.82, 2.24) is 24.8 Å². The molecule has 346 valence electrons. The van der Waals surface area contributed by atoms with Crippen molar-refractivity contribution in [1.29, 1.82) is 0 Å². The minimum Gasteiger partial charge on any atom is -0.458 e. The largest absolute Gasteiger partial charge is 0.458 e. The number of hydrogen-bond acceptors (Lipinski definition) is 17. The molecule has 5 aliphatic rings. The van der Waals surface area contributed by atoms with Crippen LogP contribution < -0.4 is 5.73 Å². The van der Waals surface area contributed by atoms with Gasteiger partial charge in [-0.1, -0.05) is 38.9 Å². The molecule has 0 saturated carbocycles. The van der Waals surface area contributed by atoms with Crippen LogP contribution in [0.4, 0.5) is 10.6 Å². The molecule has 4 saturated heterocycles. The third-order valence-electron chi connectivity index (χ3n) is 13.7. The molecule has 0 aliphatic carbocycles. The number of nitrogen functional groups attached to an aromatic ring is 1. The standard InChI is InChI=1S/C45H66N8O10/c1-11-34-45(8)39-26(4)36(47-15-16-53(39)43(56)63-45)24(2)18-44(7)40(62-42-37(54)33(52(9)10)17-25(3)60-42)27(5)38(28(6)41(55)61-34)57-21-30(22-58-44)51-59-23-29-13-12-14-31(50-29)32-19-49-35(46)20-48-32/h12-14,19-20,24-28,33-34,37-40,42,54H,11,15-18,21-23H2,1-10H3,(H2,46,49)/t24-,25+,26+,27-,28-,33-,34+,37+,38+,39-,40+,42-,44-,45-/m1/s1. The first kappa shape index (κ1) is 46.7. The van der Waals surface area contributed by atoms with Crippen molar-refractivity contribution in [2.75, 3.05) is 46.1 Å². The maximum Gasteiger partial charge on any atom is 0.410 e. The number of carbonyl (C=O) groups excluding carboxylic acids is 2. The van der Waals surface area contributed by atoms with Gasteiger partial charge in [0.25, 0.3) is 0 Å². The molecule has 7 rings (SSSR count). The molecule has 4 fully saturated rings.